The molecule has 0 radical (unpaired) electrons. The van der Waals surface area contributed by atoms with Crippen LogP contribution in [0.15, 0.2) is 28.9 Å². The number of ether oxygens (including phenoxy) is 1. The van der Waals surface area contributed by atoms with Gasteiger partial charge in [-0.2, -0.15) is 18.3 Å². The third kappa shape index (κ3) is 2.72. The van der Waals surface area contributed by atoms with Crippen LogP contribution in [0.25, 0.3) is 10.8 Å². The molecule has 1 unspecified atom stereocenters. The molecule has 2 aromatic rings. The fraction of sp³-hybridized carbons (Fsp3) is 0.273. The third-order valence-corrected chi connectivity index (χ3v) is 2.83. The molecule has 7 heteroatoms. The maximum absolute atomic E-state index is 12.4. The minimum atomic E-state index is -4.43. The van der Waals surface area contributed by atoms with Gasteiger partial charge in [-0.3, -0.25) is 0 Å². The summed E-state index contributed by atoms with van der Waals surface area (Å²) in [6.45, 7) is 0.930. The largest absolute Gasteiger partial charge is 0.463 e. The first-order valence-electron chi connectivity index (χ1n) is 5.02. The highest BCUT2D eigenvalue weighted by atomic mass is 79.9. The van der Waals surface area contributed by atoms with Crippen molar-refractivity contribution in [2.75, 3.05) is 0 Å². The van der Waals surface area contributed by atoms with Crippen LogP contribution in [0.2, 0.25) is 0 Å². The first-order valence-corrected chi connectivity index (χ1v) is 5.81. The summed E-state index contributed by atoms with van der Waals surface area (Å²) in [5, 5.41) is 8.37. The van der Waals surface area contributed by atoms with Crippen molar-refractivity contribution in [3.63, 3.8) is 0 Å². The van der Waals surface area contributed by atoms with Crippen LogP contribution in [-0.4, -0.2) is 22.5 Å². The molecule has 0 aliphatic heterocycles. The molecule has 0 amide bonds. The molecule has 3 nitrogen and oxygen atoms in total. The molecule has 18 heavy (non-hydrogen) atoms. The van der Waals surface area contributed by atoms with Crippen molar-refractivity contribution in [2.45, 2.75) is 19.2 Å². The van der Waals surface area contributed by atoms with Crippen LogP contribution in [0.3, 0.4) is 0 Å². The molecular weight excluding hydrogens is 313 g/mol. The lowest BCUT2D eigenvalue weighted by Crippen LogP contribution is -2.31. The van der Waals surface area contributed by atoms with E-state index in [1.807, 2.05) is 0 Å². The van der Waals surface area contributed by atoms with E-state index in [1.54, 1.807) is 18.2 Å². The van der Waals surface area contributed by atoms with E-state index >= 15 is 0 Å². The number of hydrogen-bond donors (Lipinski definition) is 0. The monoisotopic (exact) mass is 320 g/mol. The third-order valence-electron chi connectivity index (χ3n) is 2.34. The van der Waals surface area contributed by atoms with Crippen molar-refractivity contribution in [3.8, 4) is 5.88 Å². The van der Waals surface area contributed by atoms with Crippen molar-refractivity contribution in [3.05, 3.63) is 28.9 Å². The van der Waals surface area contributed by atoms with E-state index < -0.39 is 12.3 Å². The summed E-state index contributed by atoms with van der Waals surface area (Å²) in [4.78, 5) is 0. The fourth-order valence-corrected chi connectivity index (χ4v) is 1.73. The van der Waals surface area contributed by atoms with E-state index in [-0.39, 0.29) is 5.88 Å². The van der Waals surface area contributed by atoms with Crippen LogP contribution in [0.1, 0.15) is 6.92 Å². The van der Waals surface area contributed by atoms with Crippen molar-refractivity contribution in [1.29, 1.82) is 0 Å². The lowest BCUT2D eigenvalue weighted by atomic mass is 10.2. The van der Waals surface area contributed by atoms with E-state index in [0.29, 0.717) is 10.8 Å². The molecule has 0 saturated carbocycles. The molecule has 2 rings (SSSR count). The van der Waals surface area contributed by atoms with Gasteiger partial charge in [-0.1, -0.05) is 15.9 Å². The first-order chi connectivity index (χ1) is 8.38. The zero-order valence-corrected chi connectivity index (χ0v) is 10.8. The molecule has 0 bridgehead atoms. The predicted octanol–water partition coefficient (Wildman–Crippen LogP) is 3.72. The summed E-state index contributed by atoms with van der Waals surface area (Å²) in [6.07, 6.45) is -4.90. The van der Waals surface area contributed by atoms with Crippen LogP contribution in [-0.2, 0) is 0 Å². The van der Waals surface area contributed by atoms with Gasteiger partial charge in [0.1, 0.15) is 0 Å². The van der Waals surface area contributed by atoms with E-state index in [9.17, 15) is 13.2 Å². The van der Waals surface area contributed by atoms with Gasteiger partial charge in [0.15, 0.2) is 6.10 Å². The molecule has 0 aliphatic carbocycles. The molecule has 0 aliphatic rings. The molecule has 96 valence electrons. The maximum Gasteiger partial charge on any atom is 0.425 e. The Hall–Kier alpha value is -1.37. The summed E-state index contributed by atoms with van der Waals surface area (Å²) in [5.74, 6) is -0.121. The van der Waals surface area contributed by atoms with E-state index in [1.165, 1.54) is 6.20 Å². The number of alkyl halides is 3. The van der Waals surface area contributed by atoms with E-state index in [4.69, 9.17) is 4.74 Å². The van der Waals surface area contributed by atoms with Gasteiger partial charge in [0.05, 0.1) is 6.20 Å². The highest BCUT2D eigenvalue weighted by molar-refractivity contribution is 9.10. The SMILES string of the molecule is CC(Oc1nncc2cc(Br)ccc12)C(F)(F)F. The van der Waals surface area contributed by atoms with Crippen molar-refractivity contribution < 1.29 is 17.9 Å². The fourth-order valence-electron chi connectivity index (χ4n) is 1.35. The summed E-state index contributed by atoms with van der Waals surface area (Å²) < 4.78 is 42.9. The van der Waals surface area contributed by atoms with Gasteiger partial charge < -0.3 is 4.74 Å². The number of hydrogen-bond acceptors (Lipinski definition) is 3. The lowest BCUT2D eigenvalue weighted by Gasteiger charge is -2.17. The van der Waals surface area contributed by atoms with Gasteiger partial charge in [0.25, 0.3) is 0 Å². The highest BCUT2D eigenvalue weighted by Gasteiger charge is 2.38. The standard InChI is InChI=1S/C11H8BrF3N2O/c1-6(11(13,14)15)18-10-9-3-2-8(12)4-7(9)5-16-17-10/h2-6H,1H3. The second-order valence-corrected chi connectivity index (χ2v) is 4.60. The first kappa shape index (κ1) is 13.1. The van der Waals surface area contributed by atoms with Gasteiger partial charge in [0.2, 0.25) is 5.88 Å². The van der Waals surface area contributed by atoms with Crippen LogP contribution in [0.4, 0.5) is 13.2 Å². The van der Waals surface area contributed by atoms with Crippen molar-refractivity contribution in [1.82, 2.24) is 10.2 Å². The quantitative estimate of drug-likeness (QED) is 0.845. The number of rotatable bonds is 2. The van der Waals surface area contributed by atoms with E-state index in [2.05, 4.69) is 26.1 Å². The Morgan fingerprint density at radius 2 is 2.06 bits per heavy atom. The lowest BCUT2D eigenvalue weighted by molar-refractivity contribution is -0.189. The molecule has 1 aromatic carbocycles. The second kappa shape index (κ2) is 4.72. The minimum Gasteiger partial charge on any atom is -0.463 e. The van der Waals surface area contributed by atoms with Crippen molar-refractivity contribution in [2.24, 2.45) is 0 Å². The molecule has 0 spiro atoms. The average Bonchev–Trinajstić information content (AvgIpc) is 2.27. The summed E-state index contributed by atoms with van der Waals surface area (Å²) in [6, 6.07) is 5.07. The predicted molar refractivity (Wildman–Crippen MR) is 63.4 cm³/mol. The Morgan fingerprint density at radius 1 is 1.33 bits per heavy atom. The molecule has 1 heterocycles. The van der Waals surface area contributed by atoms with Gasteiger partial charge in [-0.05, 0) is 25.1 Å². The van der Waals surface area contributed by atoms with Gasteiger partial charge in [-0.15, -0.1) is 5.10 Å². The van der Waals surface area contributed by atoms with Crippen LogP contribution in [0.5, 0.6) is 5.88 Å². The van der Waals surface area contributed by atoms with Gasteiger partial charge in [-0.25, -0.2) is 0 Å². The van der Waals surface area contributed by atoms with Crippen LogP contribution in [0, 0.1) is 0 Å². The Bertz CT molecular complexity index is 574. The van der Waals surface area contributed by atoms with Gasteiger partial charge >= 0.3 is 6.18 Å². The molecule has 0 saturated heterocycles. The van der Waals surface area contributed by atoms with Crippen molar-refractivity contribution >= 4 is 26.7 Å². The van der Waals surface area contributed by atoms with E-state index in [0.717, 1.165) is 11.4 Å². The Labute approximate surface area is 109 Å². The second-order valence-electron chi connectivity index (χ2n) is 3.68. The number of fused-ring (bicyclic) bond motifs is 1. The molecular formula is C11H8BrF3N2O. The van der Waals surface area contributed by atoms with Gasteiger partial charge in [0, 0.05) is 15.2 Å². The smallest absolute Gasteiger partial charge is 0.425 e. The summed E-state index contributed by atoms with van der Waals surface area (Å²) >= 11 is 3.27. The average molecular weight is 321 g/mol. The molecule has 1 aromatic heterocycles. The Morgan fingerprint density at radius 3 is 2.72 bits per heavy atom. The number of benzene rings is 1. The number of nitrogens with zero attached hydrogens (tertiary/aromatic N) is 2. The number of halogens is 4. The summed E-state index contributed by atoms with van der Waals surface area (Å²) in [7, 11) is 0. The maximum atomic E-state index is 12.4. The Kier molecular flexibility index (Phi) is 3.43. The molecule has 0 fully saturated rings. The topological polar surface area (TPSA) is 35.0 Å². The molecule has 0 N–H and O–H groups in total. The van der Waals surface area contributed by atoms with Crippen LogP contribution < -0.4 is 4.74 Å². The minimum absolute atomic E-state index is 0.121. The van der Waals surface area contributed by atoms with Crippen LogP contribution >= 0.6 is 15.9 Å². The summed E-state index contributed by atoms with van der Waals surface area (Å²) in [5.41, 5.74) is 0. The highest BCUT2D eigenvalue weighted by Crippen LogP contribution is 2.29. The number of aromatic nitrogens is 2. The zero-order chi connectivity index (χ0) is 13.3. The normalized spacial score (nSPS) is 13.6. The Balaban J connectivity index is 2.40. The zero-order valence-electron chi connectivity index (χ0n) is 9.20. The molecule has 1 atom stereocenters.